The molecular formula is C23H26F2N6O2. The first-order valence-corrected chi connectivity index (χ1v) is 10.5. The summed E-state index contributed by atoms with van der Waals surface area (Å²) in [6, 6.07) is 7.03. The summed E-state index contributed by atoms with van der Waals surface area (Å²) >= 11 is 0. The normalized spacial score (nSPS) is 11.7. The number of aryl methyl sites for hydroxylation is 1. The number of halogens is 2. The predicted molar refractivity (Wildman–Crippen MR) is 121 cm³/mol. The number of carbonyl (C=O) groups is 2. The molecule has 0 saturated carbocycles. The van der Waals surface area contributed by atoms with E-state index in [4.69, 9.17) is 0 Å². The molecular weight excluding hydrogens is 430 g/mol. The number of hydrogen-bond donors (Lipinski definition) is 3. The molecule has 1 aromatic carbocycles. The zero-order valence-corrected chi connectivity index (χ0v) is 18.7. The van der Waals surface area contributed by atoms with E-state index in [0.717, 1.165) is 11.6 Å². The first kappa shape index (κ1) is 23.8. The van der Waals surface area contributed by atoms with Crippen molar-refractivity contribution in [1.29, 1.82) is 0 Å². The molecule has 0 unspecified atom stereocenters. The summed E-state index contributed by atoms with van der Waals surface area (Å²) in [5.41, 5.74) is 1.32. The minimum atomic E-state index is -0.668. The molecule has 8 nitrogen and oxygen atoms in total. The van der Waals surface area contributed by atoms with Crippen molar-refractivity contribution >= 4 is 17.6 Å². The molecule has 3 rings (SSSR count). The number of rotatable bonds is 9. The largest absolute Gasteiger partial charge is 0.369 e. The van der Waals surface area contributed by atoms with Gasteiger partial charge in [-0.25, -0.2) is 13.8 Å². The summed E-state index contributed by atoms with van der Waals surface area (Å²) < 4.78 is 29.8. The van der Waals surface area contributed by atoms with Gasteiger partial charge in [0.2, 0.25) is 5.91 Å². The van der Waals surface area contributed by atoms with Gasteiger partial charge in [-0.1, -0.05) is 12.1 Å². The average molecular weight is 456 g/mol. The maximum absolute atomic E-state index is 14.9. The Morgan fingerprint density at radius 3 is 2.67 bits per heavy atom. The van der Waals surface area contributed by atoms with Gasteiger partial charge < -0.3 is 16.0 Å². The number of benzene rings is 1. The third kappa shape index (κ3) is 6.58. The third-order valence-corrected chi connectivity index (χ3v) is 4.81. The van der Waals surface area contributed by atoms with Gasteiger partial charge in [-0.3, -0.25) is 14.3 Å². The highest BCUT2D eigenvalue weighted by Crippen LogP contribution is 2.25. The van der Waals surface area contributed by atoms with Crippen molar-refractivity contribution in [3.63, 3.8) is 0 Å². The molecule has 33 heavy (non-hydrogen) atoms. The minimum Gasteiger partial charge on any atom is -0.369 e. The van der Waals surface area contributed by atoms with Crippen LogP contribution in [0.5, 0.6) is 0 Å². The number of nitrogens with one attached hydrogen (secondary N) is 3. The van der Waals surface area contributed by atoms with E-state index in [9.17, 15) is 18.4 Å². The lowest BCUT2D eigenvalue weighted by atomic mass is 10.1. The van der Waals surface area contributed by atoms with Crippen LogP contribution in [0, 0.1) is 11.6 Å². The van der Waals surface area contributed by atoms with Gasteiger partial charge in [0, 0.05) is 44.9 Å². The quantitative estimate of drug-likeness (QED) is 0.460. The predicted octanol–water partition coefficient (Wildman–Crippen LogP) is 2.67. The molecule has 0 bridgehead atoms. The smallest absolute Gasteiger partial charge is 0.255 e. The van der Waals surface area contributed by atoms with Crippen LogP contribution in [0.2, 0.25) is 0 Å². The lowest BCUT2D eigenvalue weighted by molar-refractivity contribution is -0.119. The molecule has 0 spiro atoms. The molecule has 174 valence electrons. The molecule has 0 aliphatic carbocycles. The van der Waals surface area contributed by atoms with Crippen LogP contribution in [0.4, 0.5) is 14.6 Å². The summed E-state index contributed by atoms with van der Waals surface area (Å²) in [5, 5.41) is 12.5. The highest BCUT2D eigenvalue weighted by Gasteiger charge is 2.20. The Hall–Kier alpha value is -3.82. The van der Waals surface area contributed by atoms with Gasteiger partial charge in [0.05, 0.1) is 11.8 Å². The fraction of sp³-hybridized carbons (Fsp3) is 0.304. The van der Waals surface area contributed by atoms with Crippen LogP contribution in [0.25, 0.3) is 11.3 Å². The molecule has 2 aromatic heterocycles. The number of hydrogen-bond acceptors (Lipinski definition) is 5. The molecule has 1 atom stereocenters. The van der Waals surface area contributed by atoms with Gasteiger partial charge in [0.1, 0.15) is 17.3 Å². The molecule has 2 amide bonds. The van der Waals surface area contributed by atoms with E-state index in [0.29, 0.717) is 18.5 Å². The van der Waals surface area contributed by atoms with Crippen LogP contribution in [-0.4, -0.2) is 45.7 Å². The van der Waals surface area contributed by atoms with Gasteiger partial charge in [0.15, 0.2) is 5.82 Å². The molecule has 0 saturated heterocycles. The standard InChI is InChI=1S/C23H26F2N6O2/c1-14(29-15(2)32)11-27-23(33)19-10-20(25)21(17-12-28-31(3)13-17)30-22(19)26-8-7-16-5-4-6-18(24)9-16/h4-6,9-10,12-14H,7-8,11H2,1-3H3,(H,26,30)(H,27,33)(H,29,32)/t14-/m1/s1. The second-order valence-electron chi connectivity index (χ2n) is 7.74. The molecule has 0 aliphatic rings. The van der Waals surface area contributed by atoms with E-state index < -0.39 is 11.7 Å². The maximum Gasteiger partial charge on any atom is 0.255 e. The molecule has 3 aromatic rings. The minimum absolute atomic E-state index is 0.0226. The van der Waals surface area contributed by atoms with E-state index in [2.05, 4.69) is 26.0 Å². The van der Waals surface area contributed by atoms with Gasteiger partial charge >= 0.3 is 0 Å². The van der Waals surface area contributed by atoms with Crippen molar-refractivity contribution in [1.82, 2.24) is 25.4 Å². The van der Waals surface area contributed by atoms with Gasteiger partial charge in [-0.2, -0.15) is 5.10 Å². The number of anilines is 1. The number of amides is 2. The van der Waals surface area contributed by atoms with E-state index >= 15 is 0 Å². The molecule has 0 fully saturated rings. The van der Waals surface area contributed by atoms with Crippen molar-refractivity contribution in [3.05, 3.63) is 65.5 Å². The summed E-state index contributed by atoms with van der Waals surface area (Å²) in [6.45, 7) is 3.63. The summed E-state index contributed by atoms with van der Waals surface area (Å²) in [5.74, 6) is -1.57. The first-order valence-electron chi connectivity index (χ1n) is 10.5. The van der Waals surface area contributed by atoms with Crippen LogP contribution in [-0.2, 0) is 18.3 Å². The lowest BCUT2D eigenvalue weighted by Gasteiger charge is -2.16. The molecule has 3 N–H and O–H groups in total. The topological polar surface area (TPSA) is 101 Å². The highest BCUT2D eigenvalue weighted by molar-refractivity contribution is 5.99. The van der Waals surface area contributed by atoms with Crippen molar-refractivity contribution in [2.24, 2.45) is 7.05 Å². The van der Waals surface area contributed by atoms with Gasteiger partial charge in [-0.15, -0.1) is 0 Å². The zero-order valence-electron chi connectivity index (χ0n) is 18.7. The van der Waals surface area contributed by atoms with Crippen LogP contribution >= 0.6 is 0 Å². The van der Waals surface area contributed by atoms with Crippen LogP contribution in [0.1, 0.15) is 29.8 Å². The average Bonchev–Trinajstić information content (AvgIpc) is 3.18. The Bertz CT molecular complexity index is 1150. The SMILES string of the molecule is CC(=O)N[C@H](C)CNC(=O)c1cc(F)c(-c2cnn(C)c2)nc1NCCc1cccc(F)c1. The van der Waals surface area contributed by atoms with Crippen molar-refractivity contribution in [2.45, 2.75) is 26.3 Å². The van der Waals surface area contributed by atoms with Crippen LogP contribution in [0.15, 0.2) is 42.7 Å². The fourth-order valence-corrected chi connectivity index (χ4v) is 3.30. The highest BCUT2D eigenvalue weighted by atomic mass is 19.1. The second-order valence-corrected chi connectivity index (χ2v) is 7.74. The Morgan fingerprint density at radius 1 is 1.21 bits per heavy atom. The number of aromatic nitrogens is 3. The van der Waals surface area contributed by atoms with Gasteiger partial charge in [0.25, 0.3) is 5.91 Å². The number of pyridine rings is 1. The number of nitrogens with zero attached hydrogens (tertiary/aromatic N) is 3. The zero-order chi connectivity index (χ0) is 24.0. The van der Waals surface area contributed by atoms with E-state index in [1.165, 1.54) is 29.9 Å². The van der Waals surface area contributed by atoms with Gasteiger partial charge in [-0.05, 0) is 37.1 Å². The fourth-order valence-electron chi connectivity index (χ4n) is 3.30. The molecule has 0 radical (unpaired) electrons. The van der Waals surface area contributed by atoms with E-state index in [-0.39, 0.29) is 41.4 Å². The third-order valence-electron chi connectivity index (χ3n) is 4.81. The first-order chi connectivity index (χ1) is 15.7. The van der Waals surface area contributed by atoms with Crippen molar-refractivity contribution in [3.8, 4) is 11.3 Å². The number of carbonyl (C=O) groups excluding carboxylic acids is 2. The Kier molecular flexibility index (Phi) is 7.70. The maximum atomic E-state index is 14.9. The summed E-state index contributed by atoms with van der Waals surface area (Å²) in [6.07, 6.45) is 3.58. The summed E-state index contributed by atoms with van der Waals surface area (Å²) in [4.78, 5) is 28.3. The van der Waals surface area contributed by atoms with Crippen molar-refractivity contribution < 1.29 is 18.4 Å². The Balaban J connectivity index is 1.82. The monoisotopic (exact) mass is 456 g/mol. The van der Waals surface area contributed by atoms with Crippen molar-refractivity contribution in [2.75, 3.05) is 18.4 Å². The van der Waals surface area contributed by atoms with E-state index in [1.807, 2.05) is 0 Å². The lowest BCUT2D eigenvalue weighted by Crippen LogP contribution is -2.41. The molecule has 10 heteroatoms. The van der Waals surface area contributed by atoms with Crippen LogP contribution in [0.3, 0.4) is 0 Å². The summed E-state index contributed by atoms with van der Waals surface area (Å²) in [7, 11) is 1.71. The molecule has 2 heterocycles. The Morgan fingerprint density at radius 2 is 2.00 bits per heavy atom. The molecule has 0 aliphatic heterocycles. The Labute approximate surface area is 190 Å². The second kappa shape index (κ2) is 10.7. The van der Waals surface area contributed by atoms with Crippen LogP contribution < -0.4 is 16.0 Å². The van der Waals surface area contributed by atoms with E-state index in [1.54, 1.807) is 32.3 Å².